The van der Waals surface area contributed by atoms with Crippen molar-refractivity contribution in [3.05, 3.63) is 72.1 Å². The van der Waals surface area contributed by atoms with E-state index < -0.39 is 11.6 Å². The van der Waals surface area contributed by atoms with Crippen LogP contribution in [0.1, 0.15) is 11.3 Å². The van der Waals surface area contributed by atoms with E-state index in [0.29, 0.717) is 11.5 Å². The fourth-order valence-corrected chi connectivity index (χ4v) is 4.43. The molecule has 1 saturated heterocycles. The zero-order valence-corrected chi connectivity index (χ0v) is 19.7. The maximum Gasteiger partial charge on any atom is 0.229 e. The molecule has 11 heteroatoms. The number of piperazine rings is 1. The molecule has 3 aromatic heterocycles. The maximum atomic E-state index is 14.9. The number of benzene rings is 1. The van der Waals surface area contributed by atoms with Gasteiger partial charge in [0.2, 0.25) is 5.95 Å². The van der Waals surface area contributed by atoms with Crippen LogP contribution < -0.4 is 10.1 Å². The van der Waals surface area contributed by atoms with Crippen molar-refractivity contribution in [2.45, 2.75) is 13.2 Å². The average molecular weight is 491 g/mol. The summed E-state index contributed by atoms with van der Waals surface area (Å²) in [7, 11) is 2.13. The van der Waals surface area contributed by atoms with E-state index in [2.05, 4.69) is 42.1 Å². The summed E-state index contributed by atoms with van der Waals surface area (Å²) >= 11 is 0. The van der Waals surface area contributed by atoms with Gasteiger partial charge in [-0.15, -0.1) is 0 Å². The number of rotatable bonds is 5. The van der Waals surface area contributed by atoms with E-state index in [1.807, 2.05) is 18.3 Å². The molecule has 0 radical (unpaired) electrons. The highest BCUT2D eigenvalue weighted by Gasteiger charge is 2.23. The van der Waals surface area contributed by atoms with Gasteiger partial charge >= 0.3 is 0 Å². The number of likely N-dealkylation sites (N-methyl/N-ethyl adjacent to an activating group) is 1. The lowest BCUT2D eigenvalue weighted by Gasteiger charge is -2.32. The lowest BCUT2D eigenvalue weighted by atomic mass is 10.1. The topological polar surface area (TPSA) is 84.2 Å². The minimum atomic E-state index is -0.669. The van der Waals surface area contributed by atoms with E-state index in [4.69, 9.17) is 4.74 Å². The first-order chi connectivity index (χ1) is 17.5. The van der Waals surface area contributed by atoms with Gasteiger partial charge in [-0.1, -0.05) is 6.07 Å². The number of hydrogen-bond donors (Lipinski definition) is 1. The SMILES string of the molecule is CN1CCN(Cc2ccc(Nc3ncc(F)c(-c4cc(F)c5c(c4)-n4cncc4CO5)n3)nc2)CC1. The largest absolute Gasteiger partial charge is 0.482 e. The summed E-state index contributed by atoms with van der Waals surface area (Å²) in [6, 6.07) is 6.68. The summed E-state index contributed by atoms with van der Waals surface area (Å²) in [5.74, 6) is -0.492. The molecule has 4 aromatic rings. The molecule has 36 heavy (non-hydrogen) atoms. The smallest absolute Gasteiger partial charge is 0.229 e. The number of imidazole rings is 1. The molecule has 5 heterocycles. The van der Waals surface area contributed by atoms with Gasteiger partial charge in [0.25, 0.3) is 0 Å². The van der Waals surface area contributed by atoms with Crippen LogP contribution in [0.5, 0.6) is 5.75 Å². The Hall–Kier alpha value is -3.96. The molecule has 0 saturated carbocycles. The molecular weight excluding hydrogens is 466 g/mol. The van der Waals surface area contributed by atoms with Crippen molar-refractivity contribution < 1.29 is 13.5 Å². The van der Waals surface area contributed by atoms with Crippen molar-refractivity contribution in [3.8, 4) is 22.7 Å². The van der Waals surface area contributed by atoms with Crippen molar-refractivity contribution in [3.63, 3.8) is 0 Å². The Morgan fingerprint density at radius 2 is 1.86 bits per heavy atom. The van der Waals surface area contributed by atoms with Crippen LogP contribution in [0.4, 0.5) is 20.5 Å². The third kappa shape index (κ3) is 4.38. The number of hydrogen-bond acceptors (Lipinski definition) is 8. The monoisotopic (exact) mass is 490 g/mol. The van der Waals surface area contributed by atoms with Crippen LogP contribution in [0, 0.1) is 11.6 Å². The van der Waals surface area contributed by atoms with Crippen LogP contribution in [-0.2, 0) is 13.2 Å². The zero-order chi connectivity index (χ0) is 24.6. The molecule has 1 aromatic carbocycles. The van der Waals surface area contributed by atoms with Gasteiger partial charge in [-0.2, -0.15) is 0 Å². The molecule has 0 amide bonds. The summed E-state index contributed by atoms with van der Waals surface area (Å²) in [4.78, 5) is 21.6. The van der Waals surface area contributed by atoms with Crippen molar-refractivity contribution in [1.29, 1.82) is 0 Å². The fraction of sp³-hybridized carbons (Fsp3) is 0.280. The summed E-state index contributed by atoms with van der Waals surface area (Å²) < 4.78 is 36.9. The summed E-state index contributed by atoms with van der Waals surface area (Å²) in [6.07, 6.45) is 6.09. The summed E-state index contributed by atoms with van der Waals surface area (Å²) in [6.45, 7) is 5.22. The van der Waals surface area contributed by atoms with Crippen molar-refractivity contribution in [2.75, 3.05) is 38.5 Å². The minimum absolute atomic E-state index is 0.0341. The first-order valence-corrected chi connectivity index (χ1v) is 11.7. The number of aromatic nitrogens is 5. The second-order valence-electron chi connectivity index (χ2n) is 9.00. The number of nitrogens with one attached hydrogen (secondary N) is 1. The Morgan fingerprint density at radius 1 is 1.00 bits per heavy atom. The van der Waals surface area contributed by atoms with Crippen LogP contribution >= 0.6 is 0 Å². The predicted octanol–water partition coefficient (Wildman–Crippen LogP) is 3.39. The quantitative estimate of drug-likeness (QED) is 0.456. The lowest BCUT2D eigenvalue weighted by molar-refractivity contribution is 0.148. The van der Waals surface area contributed by atoms with E-state index in [-0.39, 0.29) is 29.6 Å². The molecular formula is C25H24F2N8O. The van der Waals surface area contributed by atoms with Gasteiger partial charge < -0.3 is 15.0 Å². The fourth-order valence-electron chi connectivity index (χ4n) is 4.43. The van der Waals surface area contributed by atoms with Crippen molar-refractivity contribution >= 4 is 11.8 Å². The first-order valence-electron chi connectivity index (χ1n) is 11.7. The molecule has 1 N–H and O–H groups in total. The normalized spacial score (nSPS) is 15.8. The van der Waals surface area contributed by atoms with E-state index in [0.717, 1.165) is 50.2 Å². The van der Waals surface area contributed by atoms with Crippen molar-refractivity contribution in [1.82, 2.24) is 34.3 Å². The van der Waals surface area contributed by atoms with Gasteiger partial charge in [0.05, 0.1) is 30.1 Å². The maximum absolute atomic E-state index is 14.9. The molecule has 6 rings (SSSR count). The predicted molar refractivity (Wildman–Crippen MR) is 129 cm³/mol. The molecule has 0 bridgehead atoms. The van der Waals surface area contributed by atoms with Crippen LogP contribution in [0.15, 0.2) is 49.2 Å². The van der Waals surface area contributed by atoms with Gasteiger partial charge in [-0.05, 0) is 30.8 Å². The molecule has 0 unspecified atom stereocenters. The second-order valence-corrected chi connectivity index (χ2v) is 9.00. The molecule has 2 aliphatic rings. The van der Waals surface area contributed by atoms with Crippen LogP contribution in [0.3, 0.4) is 0 Å². The van der Waals surface area contributed by atoms with Gasteiger partial charge in [0.1, 0.15) is 18.1 Å². The third-order valence-corrected chi connectivity index (χ3v) is 6.45. The van der Waals surface area contributed by atoms with Crippen LogP contribution in [0.2, 0.25) is 0 Å². The number of pyridine rings is 1. The average Bonchev–Trinajstić information content (AvgIpc) is 3.37. The van der Waals surface area contributed by atoms with Gasteiger partial charge in [-0.25, -0.2) is 28.7 Å². The number of nitrogens with zero attached hydrogens (tertiary/aromatic N) is 7. The zero-order valence-electron chi connectivity index (χ0n) is 19.7. The highest BCUT2D eigenvalue weighted by molar-refractivity contribution is 5.68. The second kappa shape index (κ2) is 9.25. The molecule has 1 fully saturated rings. The number of fused-ring (bicyclic) bond motifs is 3. The molecule has 0 atom stereocenters. The lowest BCUT2D eigenvalue weighted by Crippen LogP contribution is -2.43. The number of halogens is 2. The summed E-state index contributed by atoms with van der Waals surface area (Å²) in [5, 5.41) is 3.01. The third-order valence-electron chi connectivity index (χ3n) is 6.45. The Bertz CT molecular complexity index is 1400. The van der Waals surface area contributed by atoms with Crippen LogP contribution in [0.25, 0.3) is 16.9 Å². The summed E-state index contributed by atoms with van der Waals surface area (Å²) in [5.41, 5.74) is 2.54. The molecule has 0 spiro atoms. The standard InChI is InChI=1S/C25H24F2N8O/c1-33-4-6-34(7-5-33)13-16-2-3-22(29-10-16)31-25-30-12-20(27)23(32-25)17-8-19(26)24-21(9-17)35-15-28-11-18(35)14-36-24/h2-3,8-12,15H,4-7,13-14H2,1H3,(H,29,30,31,32). The van der Waals surface area contributed by atoms with Crippen molar-refractivity contribution in [2.24, 2.45) is 0 Å². The molecule has 2 aliphatic heterocycles. The Labute approximate surface area is 206 Å². The number of ether oxygens (including phenoxy) is 1. The first kappa shape index (κ1) is 22.5. The Kier molecular flexibility index (Phi) is 5.78. The van der Waals surface area contributed by atoms with E-state index in [1.54, 1.807) is 23.2 Å². The minimum Gasteiger partial charge on any atom is -0.482 e. The molecule has 0 aliphatic carbocycles. The Morgan fingerprint density at radius 3 is 2.67 bits per heavy atom. The van der Waals surface area contributed by atoms with Crippen LogP contribution in [-0.4, -0.2) is 67.5 Å². The Balaban J connectivity index is 1.22. The van der Waals surface area contributed by atoms with E-state index >= 15 is 0 Å². The van der Waals surface area contributed by atoms with Gasteiger partial charge in [0, 0.05) is 44.5 Å². The van der Waals surface area contributed by atoms with Gasteiger partial charge in [-0.3, -0.25) is 9.47 Å². The van der Waals surface area contributed by atoms with E-state index in [9.17, 15) is 8.78 Å². The molecule has 9 nitrogen and oxygen atoms in total. The van der Waals surface area contributed by atoms with E-state index in [1.165, 1.54) is 6.07 Å². The highest BCUT2D eigenvalue weighted by atomic mass is 19.1. The number of anilines is 2. The highest BCUT2D eigenvalue weighted by Crippen LogP contribution is 2.36. The van der Waals surface area contributed by atoms with Gasteiger partial charge in [0.15, 0.2) is 17.4 Å². The molecule has 184 valence electrons.